The fourth-order valence-corrected chi connectivity index (χ4v) is 4.91. The average molecular weight is 625 g/mol. The molecule has 6 rings (SSSR count). The van der Waals surface area contributed by atoms with E-state index in [0.29, 0.717) is 83.3 Å². The minimum Gasteiger partial charge on any atom is -0.370 e. The van der Waals surface area contributed by atoms with Gasteiger partial charge in [-0.2, -0.15) is 10.1 Å². The molecule has 0 saturated heterocycles. The molecule has 14 heteroatoms. The Hall–Kier alpha value is -5.92. The summed E-state index contributed by atoms with van der Waals surface area (Å²) >= 11 is 0. The second kappa shape index (κ2) is 13.8. The molecule has 0 bridgehead atoms. The molecule has 0 atom stereocenters. The highest BCUT2D eigenvalue weighted by Gasteiger charge is 2.23. The Morgan fingerprint density at radius 1 is 0.739 bits per heavy atom. The van der Waals surface area contributed by atoms with Gasteiger partial charge in [-0.1, -0.05) is 34.6 Å². The fourth-order valence-electron chi connectivity index (χ4n) is 4.91. The molecule has 0 aliphatic carbocycles. The van der Waals surface area contributed by atoms with Gasteiger partial charge in [0.05, 0.1) is 35.9 Å². The number of para-hydroxylation sites is 2. The number of aliphatic imine (C=N–C) groups is 2. The SMILES string of the molecule is Cc1cc(-c2ccccc2N(CC2=NCCN2)OC(=O)/C=C/C(=O)ON(CC2=NCCN2)c2ccccc2-c2cc(C)no2)on1. The van der Waals surface area contributed by atoms with E-state index in [1.54, 1.807) is 24.3 Å². The lowest BCUT2D eigenvalue weighted by atomic mass is 10.1. The molecule has 2 aliphatic heterocycles. The van der Waals surface area contributed by atoms with E-state index in [-0.39, 0.29) is 13.1 Å². The van der Waals surface area contributed by atoms with Crippen LogP contribution >= 0.6 is 0 Å². The largest absolute Gasteiger partial charge is 0.370 e. The van der Waals surface area contributed by atoms with Crippen LogP contribution in [0.3, 0.4) is 0 Å². The van der Waals surface area contributed by atoms with Crippen LogP contribution in [0.4, 0.5) is 11.4 Å². The van der Waals surface area contributed by atoms with Gasteiger partial charge in [0, 0.05) is 48.5 Å². The van der Waals surface area contributed by atoms with Gasteiger partial charge < -0.3 is 29.4 Å². The third-order valence-corrected chi connectivity index (χ3v) is 6.96. The molecule has 236 valence electrons. The molecule has 0 unspecified atom stereocenters. The summed E-state index contributed by atoms with van der Waals surface area (Å²) in [5.74, 6) is 0.725. The average Bonchev–Trinajstić information content (AvgIpc) is 3.90. The molecule has 4 heterocycles. The summed E-state index contributed by atoms with van der Waals surface area (Å²) in [6, 6.07) is 18.2. The lowest BCUT2D eigenvalue weighted by Crippen LogP contribution is -2.37. The molecule has 4 aromatic rings. The van der Waals surface area contributed by atoms with Crippen LogP contribution in [-0.4, -0.2) is 73.2 Å². The number of carbonyl (C=O) groups is 2. The molecular formula is C32H32N8O6. The molecular weight excluding hydrogens is 592 g/mol. The van der Waals surface area contributed by atoms with E-state index in [2.05, 4.69) is 30.9 Å². The van der Waals surface area contributed by atoms with Crippen molar-refractivity contribution >= 4 is 35.0 Å². The quantitative estimate of drug-likeness (QED) is 0.175. The summed E-state index contributed by atoms with van der Waals surface area (Å²) in [6.07, 6.45) is 2.02. The number of amidine groups is 2. The first-order valence-electron chi connectivity index (χ1n) is 14.7. The zero-order chi connectivity index (χ0) is 31.9. The lowest BCUT2D eigenvalue weighted by Gasteiger charge is -2.25. The number of hydrogen-bond donors (Lipinski definition) is 2. The number of hydrogen-bond acceptors (Lipinski definition) is 14. The molecule has 14 nitrogen and oxygen atoms in total. The number of carbonyl (C=O) groups excluding carboxylic acids is 2. The zero-order valence-corrected chi connectivity index (χ0v) is 25.3. The van der Waals surface area contributed by atoms with Gasteiger partial charge in [-0.3, -0.25) is 9.98 Å². The van der Waals surface area contributed by atoms with Crippen molar-refractivity contribution in [3.05, 3.63) is 84.2 Å². The summed E-state index contributed by atoms with van der Waals surface area (Å²) < 4.78 is 11.0. The van der Waals surface area contributed by atoms with Gasteiger partial charge in [0.1, 0.15) is 24.8 Å². The summed E-state index contributed by atoms with van der Waals surface area (Å²) in [4.78, 5) is 46.6. The standard InChI is InChI=1S/C32H32N8O6/c1-21-17-27(43-37-21)23-7-3-5-9-25(23)39(19-29-33-13-14-34-29)45-31(41)11-12-32(42)46-40(20-30-35-15-16-36-30)26-10-6-4-8-24(26)28-18-22(2)38-44-28/h3-12,17-18H,13-16,19-20H2,1-2H3,(H,33,34)(H,35,36)/b12-11+. The maximum Gasteiger partial charge on any atom is 0.356 e. The summed E-state index contributed by atoms with van der Waals surface area (Å²) in [7, 11) is 0. The van der Waals surface area contributed by atoms with Crippen LogP contribution in [0.15, 0.2) is 91.8 Å². The Morgan fingerprint density at radius 3 is 1.54 bits per heavy atom. The third-order valence-electron chi connectivity index (χ3n) is 6.96. The third kappa shape index (κ3) is 7.23. The van der Waals surface area contributed by atoms with E-state index in [1.807, 2.05) is 50.2 Å². The highest BCUT2D eigenvalue weighted by atomic mass is 16.7. The Kier molecular flexibility index (Phi) is 9.04. The van der Waals surface area contributed by atoms with Crippen LogP contribution in [0.25, 0.3) is 22.6 Å². The van der Waals surface area contributed by atoms with Crippen LogP contribution in [0.1, 0.15) is 11.4 Å². The number of aromatic nitrogens is 2. The van der Waals surface area contributed by atoms with Gasteiger partial charge in [0.2, 0.25) is 0 Å². The van der Waals surface area contributed by atoms with Gasteiger partial charge in [0.25, 0.3) is 0 Å². The number of hydroxylamine groups is 2. The molecule has 0 spiro atoms. The van der Waals surface area contributed by atoms with E-state index < -0.39 is 11.9 Å². The molecule has 2 N–H and O–H groups in total. The maximum atomic E-state index is 13.1. The highest BCUT2D eigenvalue weighted by Crippen LogP contribution is 2.33. The number of benzene rings is 2. The first-order chi connectivity index (χ1) is 22.4. The Morgan fingerprint density at radius 2 is 1.17 bits per heavy atom. The van der Waals surface area contributed by atoms with E-state index >= 15 is 0 Å². The minimum atomic E-state index is -0.801. The second-order valence-electron chi connectivity index (χ2n) is 10.4. The minimum absolute atomic E-state index is 0.148. The van der Waals surface area contributed by atoms with Gasteiger partial charge in [-0.05, 0) is 38.1 Å². The topological polar surface area (TPSA) is 160 Å². The molecule has 0 fully saturated rings. The van der Waals surface area contributed by atoms with Crippen molar-refractivity contribution in [1.29, 1.82) is 0 Å². The van der Waals surface area contributed by atoms with Gasteiger partial charge in [-0.25, -0.2) is 9.59 Å². The van der Waals surface area contributed by atoms with Crippen molar-refractivity contribution < 1.29 is 28.3 Å². The highest BCUT2D eigenvalue weighted by molar-refractivity contribution is 5.95. The van der Waals surface area contributed by atoms with Crippen molar-refractivity contribution in [3.63, 3.8) is 0 Å². The summed E-state index contributed by atoms with van der Waals surface area (Å²) in [5, 5.41) is 17.1. The number of nitrogens with zero attached hydrogens (tertiary/aromatic N) is 6. The lowest BCUT2D eigenvalue weighted by molar-refractivity contribution is -0.141. The van der Waals surface area contributed by atoms with Crippen LogP contribution in [-0.2, 0) is 19.3 Å². The van der Waals surface area contributed by atoms with E-state index in [0.717, 1.165) is 12.2 Å². The predicted molar refractivity (Wildman–Crippen MR) is 170 cm³/mol. The smallest absolute Gasteiger partial charge is 0.356 e. The molecule has 0 amide bonds. The first kappa shape index (κ1) is 30.1. The first-order valence-corrected chi connectivity index (χ1v) is 14.7. The number of nitrogens with one attached hydrogen (secondary N) is 2. The fraction of sp³-hybridized carbons (Fsp3) is 0.250. The van der Waals surface area contributed by atoms with Crippen LogP contribution in [0, 0.1) is 13.8 Å². The normalized spacial score (nSPS) is 14.0. The molecule has 2 aromatic carbocycles. The number of anilines is 2. The Balaban J connectivity index is 1.20. The second-order valence-corrected chi connectivity index (χ2v) is 10.4. The van der Waals surface area contributed by atoms with Crippen molar-refractivity contribution in [1.82, 2.24) is 20.9 Å². The summed E-state index contributed by atoms with van der Waals surface area (Å²) in [5.41, 5.74) is 3.85. The molecule has 0 radical (unpaired) electrons. The Labute approximate surface area is 264 Å². The van der Waals surface area contributed by atoms with Crippen LogP contribution < -0.4 is 20.8 Å². The van der Waals surface area contributed by atoms with E-state index in [1.165, 1.54) is 10.1 Å². The van der Waals surface area contributed by atoms with Crippen LogP contribution in [0.2, 0.25) is 0 Å². The zero-order valence-electron chi connectivity index (χ0n) is 25.3. The maximum absolute atomic E-state index is 13.1. The number of rotatable bonds is 12. The van der Waals surface area contributed by atoms with Crippen molar-refractivity contribution in [3.8, 4) is 22.6 Å². The number of aryl methyl sites for hydroxylation is 2. The molecule has 46 heavy (non-hydrogen) atoms. The monoisotopic (exact) mass is 624 g/mol. The molecule has 0 saturated carbocycles. The summed E-state index contributed by atoms with van der Waals surface area (Å²) in [6.45, 7) is 6.53. The molecule has 2 aromatic heterocycles. The van der Waals surface area contributed by atoms with Crippen molar-refractivity contribution in [2.75, 3.05) is 49.4 Å². The predicted octanol–water partition coefficient (Wildman–Crippen LogP) is 3.40. The van der Waals surface area contributed by atoms with E-state index in [9.17, 15) is 9.59 Å². The van der Waals surface area contributed by atoms with Crippen LogP contribution in [0.5, 0.6) is 0 Å². The van der Waals surface area contributed by atoms with E-state index in [4.69, 9.17) is 18.7 Å². The Bertz CT molecular complexity index is 1680. The van der Waals surface area contributed by atoms with Crippen molar-refractivity contribution in [2.45, 2.75) is 13.8 Å². The van der Waals surface area contributed by atoms with Crippen molar-refractivity contribution in [2.24, 2.45) is 9.98 Å². The van der Waals surface area contributed by atoms with Gasteiger partial charge in [-0.15, -0.1) is 0 Å². The van der Waals surface area contributed by atoms with Gasteiger partial charge in [0.15, 0.2) is 11.5 Å². The molecule has 2 aliphatic rings. The van der Waals surface area contributed by atoms with Gasteiger partial charge >= 0.3 is 11.9 Å².